The van der Waals surface area contributed by atoms with E-state index in [9.17, 15) is 9.59 Å². The third-order valence-corrected chi connectivity index (χ3v) is 5.08. The lowest BCUT2D eigenvalue weighted by Crippen LogP contribution is -2.39. The van der Waals surface area contributed by atoms with Crippen molar-refractivity contribution >= 4 is 17.5 Å². The van der Waals surface area contributed by atoms with Crippen LogP contribution in [0.1, 0.15) is 37.7 Å². The summed E-state index contributed by atoms with van der Waals surface area (Å²) in [7, 11) is 4.45. The first-order valence-corrected chi connectivity index (χ1v) is 8.63. The summed E-state index contributed by atoms with van der Waals surface area (Å²) in [6.45, 7) is 1.79. The smallest absolute Gasteiger partial charge is 0.336 e. The van der Waals surface area contributed by atoms with E-state index in [1.807, 2.05) is 12.1 Å². The zero-order chi connectivity index (χ0) is 18.8. The lowest BCUT2D eigenvalue weighted by atomic mass is 9.69. The van der Waals surface area contributed by atoms with E-state index in [1.165, 1.54) is 7.11 Å². The Kier molecular flexibility index (Phi) is 5.11. The molecule has 0 N–H and O–H groups in total. The van der Waals surface area contributed by atoms with E-state index in [0.29, 0.717) is 29.2 Å². The third kappa shape index (κ3) is 2.89. The molecule has 1 heterocycles. The molecule has 2 atom stereocenters. The number of rotatable bonds is 4. The first-order chi connectivity index (χ1) is 12.5. The first-order valence-electron chi connectivity index (χ1n) is 8.63. The predicted molar refractivity (Wildman–Crippen MR) is 96.8 cm³/mol. The van der Waals surface area contributed by atoms with Crippen molar-refractivity contribution < 1.29 is 23.8 Å². The fourth-order valence-electron chi connectivity index (χ4n) is 3.99. The van der Waals surface area contributed by atoms with Gasteiger partial charge < -0.3 is 14.2 Å². The number of nitrogens with zero attached hydrogens (tertiary/aromatic N) is 1. The minimum absolute atomic E-state index is 0.0961. The number of esters is 1. The molecule has 0 aromatic heterocycles. The number of Topliss-reactive ketones (excluding diaryl/α,β-unsaturated/α-hetero) is 1. The van der Waals surface area contributed by atoms with E-state index in [-0.39, 0.29) is 5.78 Å². The summed E-state index contributed by atoms with van der Waals surface area (Å²) in [4.78, 5) is 29.9. The van der Waals surface area contributed by atoms with Crippen molar-refractivity contribution in [1.82, 2.24) is 0 Å². The van der Waals surface area contributed by atoms with E-state index >= 15 is 0 Å². The van der Waals surface area contributed by atoms with E-state index in [1.54, 1.807) is 27.2 Å². The number of methoxy groups -OCH3 is 3. The van der Waals surface area contributed by atoms with Crippen molar-refractivity contribution in [3.8, 4) is 11.5 Å². The van der Waals surface area contributed by atoms with Crippen LogP contribution in [0.4, 0.5) is 0 Å². The molecule has 6 heteroatoms. The number of hydrogen-bond acceptors (Lipinski definition) is 6. The standard InChI is InChI=1S/C20H23NO5/c1-11-16(20(23)26-4)17(18-13(21-11)8-6-9-14(18)22)12-7-5-10-15(24-2)19(12)25-3/h5,7,10,17-18H,6,8-9H2,1-4H3. The van der Waals surface area contributed by atoms with Crippen LogP contribution in [0, 0.1) is 5.92 Å². The van der Waals surface area contributed by atoms with Gasteiger partial charge in [0.2, 0.25) is 0 Å². The van der Waals surface area contributed by atoms with Crippen LogP contribution in [-0.2, 0) is 14.3 Å². The normalized spacial score (nSPS) is 22.5. The lowest BCUT2D eigenvalue weighted by Gasteiger charge is -2.36. The van der Waals surface area contributed by atoms with Crippen molar-refractivity contribution in [3.05, 3.63) is 35.0 Å². The Hall–Kier alpha value is -2.63. The molecule has 1 saturated carbocycles. The fraction of sp³-hybridized carbons (Fsp3) is 0.450. The third-order valence-electron chi connectivity index (χ3n) is 5.08. The van der Waals surface area contributed by atoms with Crippen LogP contribution in [0.3, 0.4) is 0 Å². The highest BCUT2D eigenvalue weighted by Crippen LogP contribution is 2.47. The van der Waals surface area contributed by atoms with Crippen molar-refractivity contribution in [2.75, 3.05) is 21.3 Å². The quantitative estimate of drug-likeness (QED) is 0.774. The van der Waals surface area contributed by atoms with Gasteiger partial charge in [-0.05, 0) is 25.8 Å². The van der Waals surface area contributed by atoms with E-state index in [0.717, 1.165) is 24.1 Å². The SMILES string of the molecule is COC(=O)C1=C(C)N=C2CCCC(=O)C2C1c1cccc(OC)c1OC. The van der Waals surface area contributed by atoms with Gasteiger partial charge in [-0.2, -0.15) is 0 Å². The van der Waals surface area contributed by atoms with Crippen LogP contribution in [0.15, 0.2) is 34.5 Å². The maximum absolute atomic E-state index is 12.8. The summed E-state index contributed by atoms with van der Waals surface area (Å²) in [5.74, 6) is -0.263. The Morgan fingerprint density at radius 3 is 2.54 bits per heavy atom. The van der Waals surface area contributed by atoms with E-state index in [4.69, 9.17) is 14.2 Å². The number of fused-ring (bicyclic) bond motifs is 1. The molecule has 0 bridgehead atoms. The van der Waals surface area contributed by atoms with Gasteiger partial charge >= 0.3 is 5.97 Å². The van der Waals surface area contributed by atoms with Crippen LogP contribution in [0.5, 0.6) is 11.5 Å². The predicted octanol–water partition coefficient (Wildman–Crippen LogP) is 3.06. The van der Waals surface area contributed by atoms with E-state index in [2.05, 4.69) is 4.99 Å². The molecule has 2 unspecified atom stereocenters. The zero-order valence-corrected chi connectivity index (χ0v) is 15.5. The first kappa shape index (κ1) is 18.2. The van der Waals surface area contributed by atoms with Gasteiger partial charge in [-0.25, -0.2) is 4.79 Å². The number of carbonyl (C=O) groups is 2. The second-order valence-electron chi connectivity index (χ2n) is 6.45. The van der Waals surface area contributed by atoms with Gasteiger partial charge in [-0.1, -0.05) is 12.1 Å². The van der Waals surface area contributed by atoms with Crippen molar-refractivity contribution in [2.45, 2.75) is 32.1 Å². The summed E-state index contributed by atoms with van der Waals surface area (Å²) >= 11 is 0. The van der Waals surface area contributed by atoms with Gasteiger partial charge in [0.15, 0.2) is 11.5 Å². The molecule has 0 spiro atoms. The van der Waals surface area contributed by atoms with Gasteiger partial charge in [0.1, 0.15) is 5.78 Å². The highest BCUT2D eigenvalue weighted by molar-refractivity contribution is 6.11. The maximum atomic E-state index is 12.8. The van der Waals surface area contributed by atoms with Gasteiger partial charge in [0, 0.05) is 29.3 Å². The Bertz CT molecular complexity index is 808. The van der Waals surface area contributed by atoms with Crippen LogP contribution >= 0.6 is 0 Å². The molecule has 6 nitrogen and oxygen atoms in total. The Morgan fingerprint density at radius 1 is 1.12 bits per heavy atom. The summed E-state index contributed by atoms with van der Waals surface area (Å²) in [5, 5.41) is 0. The number of aliphatic imine (C=N–C) groups is 1. The summed E-state index contributed by atoms with van der Waals surface area (Å²) in [6, 6.07) is 5.49. The van der Waals surface area contributed by atoms with Crippen molar-refractivity contribution in [2.24, 2.45) is 10.9 Å². The molecule has 0 amide bonds. The molecule has 1 fully saturated rings. The molecule has 138 valence electrons. The minimum Gasteiger partial charge on any atom is -0.493 e. The number of ketones is 1. The van der Waals surface area contributed by atoms with Gasteiger partial charge in [-0.15, -0.1) is 0 Å². The van der Waals surface area contributed by atoms with Gasteiger partial charge in [0.05, 0.1) is 32.8 Å². The molecular formula is C20H23NO5. The van der Waals surface area contributed by atoms with Crippen LogP contribution < -0.4 is 9.47 Å². The maximum Gasteiger partial charge on any atom is 0.336 e. The van der Waals surface area contributed by atoms with Crippen LogP contribution in [0.2, 0.25) is 0 Å². The van der Waals surface area contributed by atoms with Gasteiger partial charge in [0.25, 0.3) is 0 Å². The average molecular weight is 357 g/mol. The van der Waals surface area contributed by atoms with E-state index < -0.39 is 17.8 Å². The number of carbonyl (C=O) groups excluding carboxylic acids is 2. The number of hydrogen-bond donors (Lipinski definition) is 0. The molecule has 3 rings (SSSR count). The number of para-hydroxylation sites is 1. The summed E-state index contributed by atoms with van der Waals surface area (Å²) in [5.41, 5.74) is 2.57. The largest absolute Gasteiger partial charge is 0.493 e. The second-order valence-corrected chi connectivity index (χ2v) is 6.45. The Morgan fingerprint density at radius 2 is 1.88 bits per heavy atom. The van der Waals surface area contributed by atoms with Gasteiger partial charge in [-0.3, -0.25) is 9.79 Å². The molecule has 26 heavy (non-hydrogen) atoms. The second kappa shape index (κ2) is 7.32. The molecule has 1 aliphatic heterocycles. The van der Waals surface area contributed by atoms with Crippen molar-refractivity contribution in [3.63, 3.8) is 0 Å². The lowest BCUT2D eigenvalue weighted by molar-refractivity contribution is -0.136. The highest BCUT2D eigenvalue weighted by Gasteiger charge is 2.44. The molecule has 1 aromatic carbocycles. The molecule has 0 saturated heterocycles. The van der Waals surface area contributed by atoms with Crippen molar-refractivity contribution in [1.29, 1.82) is 0 Å². The molecule has 0 radical (unpaired) electrons. The average Bonchev–Trinajstić information content (AvgIpc) is 2.65. The monoisotopic (exact) mass is 357 g/mol. The molecular weight excluding hydrogens is 334 g/mol. The van der Waals surface area contributed by atoms with Crippen LogP contribution in [-0.4, -0.2) is 38.8 Å². The topological polar surface area (TPSA) is 74.2 Å². The summed E-state index contributed by atoms with van der Waals surface area (Å²) in [6.07, 6.45) is 2.03. The van der Waals surface area contributed by atoms with Crippen LogP contribution in [0.25, 0.3) is 0 Å². The number of benzene rings is 1. The number of ether oxygens (including phenoxy) is 3. The number of allylic oxidation sites excluding steroid dienone is 1. The molecule has 2 aliphatic rings. The Labute approximate surface area is 152 Å². The zero-order valence-electron chi connectivity index (χ0n) is 15.5. The molecule has 1 aliphatic carbocycles. The highest BCUT2D eigenvalue weighted by atomic mass is 16.5. The molecule has 1 aromatic rings. The summed E-state index contributed by atoms with van der Waals surface area (Å²) < 4.78 is 16.0. The fourth-order valence-corrected chi connectivity index (χ4v) is 3.99. The minimum atomic E-state index is -0.493. The Balaban J connectivity index is 2.26.